The molecule has 0 saturated heterocycles. The van der Waals surface area contributed by atoms with Gasteiger partial charge in [-0.25, -0.2) is 0 Å². The number of aliphatic hydroxyl groups excluding tert-OH is 1. The van der Waals surface area contributed by atoms with Crippen LogP contribution in [0.25, 0.3) is 6.08 Å². The van der Waals surface area contributed by atoms with Gasteiger partial charge in [0.05, 0.1) is 6.10 Å². The monoisotopic (exact) mass is 282 g/mol. The first kappa shape index (κ1) is 15.3. The zero-order valence-electron chi connectivity index (χ0n) is 12.2. The Kier molecular flexibility index (Phi) is 6.04. The summed E-state index contributed by atoms with van der Waals surface area (Å²) in [6.07, 6.45) is 7.17. The standard InChI is InChI=1S/C19H22O2/c20-18(13-10-17-11-14-19(21)15-12-17)9-5-4-8-16-6-2-1-3-7-16/h1-4,6-8,11-12,14-15,18,20-21H,5,9-10,13H2/b8-4+. The van der Waals surface area contributed by atoms with Gasteiger partial charge in [-0.2, -0.15) is 0 Å². The number of aryl methyl sites for hydroxylation is 1. The Morgan fingerprint density at radius 1 is 0.905 bits per heavy atom. The molecule has 110 valence electrons. The summed E-state index contributed by atoms with van der Waals surface area (Å²) in [6.45, 7) is 0. The quantitative estimate of drug-likeness (QED) is 0.799. The fraction of sp³-hybridized carbons (Fsp3) is 0.263. The molecule has 1 atom stereocenters. The molecule has 0 spiro atoms. The molecule has 2 nitrogen and oxygen atoms in total. The number of hydrogen-bond acceptors (Lipinski definition) is 2. The highest BCUT2D eigenvalue weighted by Crippen LogP contribution is 2.13. The van der Waals surface area contributed by atoms with E-state index in [1.165, 1.54) is 5.56 Å². The van der Waals surface area contributed by atoms with Crippen LogP contribution in [0, 0.1) is 0 Å². The third kappa shape index (κ3) is 5.84. The number of aliphatic hydroxyl groups is 1. The van der Waals surface area contributed by atoms with Gasteiger partial charge in [0.25, 0.3) is 0 Å². The molecule has 0 heterocycles. The van der Waals surface area contributed by atoms with Crippen molar-refractivity contribution in [1.82, 2.24) is 0 Å². The van der Waals surface area contributed by atoms with Gasteiger partial charge in [-0.15, -0.1) is 0 Å². The molecule has 2 aromatic rings. The van der Waals surface area contributed by atoms with Crippen LogP contribution < -0.4 is 0 Å². The van der Waals surface area contributed by atoms with Crippen LogP contribution >= 0.6 is 0 Å². The topological polar surface area (TPSA) is 40.5 Å². The van der Waals surface area contributed by atoms with E-state index in [9.17, 15) is 10.2 Å². The van der Waals surface area contributed by atoms with Crippen molar-refractivity contribution in [2.75, 3.05) is 0 Å². The molecule has 0 bridgehead atoms. The molecule has 0 aromatic heterocycles. The lowest BCUT2D eigenvalue weighted by Crippen LogP contribution is -2.07. The second kappa shape index (κ2) is 8.28. The van der Waals surface area contributed by atoms with Gasteiger partial charge in [-0.1, -0.05) is 54.6 Å². The van der Waals surface area contributed by atoms with Crippen LogP contribution in [0.3, 0.4) is 0 Å². The van der Waals surface area contributed by atoms with Gasteiger partial charge in [-0.3, -0.25) is 0 Å². The highest BCUT2D eigenvalue weighted by Gasteiger charge is 2.03. The molecule has 2 aromatic carbocycles. The second-order valence-electron chi connectivity index (χ2n) is 5.25. The largest absolute Gasteiger partial charge is 0.508 e. The van der Waals surface area contributed by atoms with Crippen molar-refractivity contribution < 1.29 is 10.2 Å². The lowest BCUT2D eigenvalue weighted by molar-refractivity contribution is 0.156. The first-order valence-electron chi connectivity index (χ1n) is 7.41. The number of rotatable bonds is 7. The summed E-state index contributed by atoms with van der Waals surface area (Å²) >= 11 is 0. The fourth-order valence-corrected chi connectivity index (χ4v) is 2.21. The molecule has 0 saturated carbocycles. The Balaban J connectivity index is 1.66. The average molecular weight is 282 g/mol. The van der Waals surface area contributed by atoms with Crippen molar-refractivity contribution in [3.8, 4) is 5.75 Å². The number of aromatic hydroxyl groups is 1. The molecule has 0 aliphatic heterocycles. The van der Waals surface area contributed by atoms with Gasteiger partial charge in [0, 0.05) is 0 Å². The van der Waals surface area contributed by atoms with Gasteiger partial charge in [-0.05, 0) is 48.9 Å². The third-order valence-corrected chi connectivity index (χ3v) is 3.48. The van der Waals surface area contributed by atoms with E-state index in [0.29, 0.717) is 0 Å². The summed E-state index contributed by atoms with van der Waals surface area (Å²) in [6, 6.07) is 17.3. The summed E-state index contributed by atoms with van der Waals surface area (Å²) < 4.78 is 0. The van der Waals surface area contributed by atoms with Crippen LogP contribution in [0.1, 0.15) is 30.4 Å². The Morgan fingerprint density at radius 2 is 1.62 bits per heavy atom. The Labute approximate surface area is 126 Å². The lowest BCUT2D eigenvalue weighted by atomic mass is 10.0. The summed E-state index contributed by atoms with van der Waals surface area (Å²) in [5.74, 6) is 0.283. The maximum atomic E-state index is 9.98. The van der Waals surface area contributed by atoms with E-state index in [2.05, 4.69) is 24.3 Å². The molecule has 0 radical (unpaired) electrons. The average Bonchev–Trinajstić information content (AvgIpc) is 2.52. The van der Waals surface area contributed by atoms with Crippen LogP contribution in [0.5, 0.6) is 5.75 Å². The van der Waals surface area contributed by atoms with E-state index < -0.39 is 0 Å². The van der Waals surface area contributed by atoms with Crippen molar-refractivity contribution in [3.63, 3.8) is 0 Å². The van der Waals surface area contributed by atoms with E-state index in [1.54, 1.807) is 12.1 Å². The highest BCUT2D eigenvalue weighted by atomic mass is 16.3. The normalized spacial score (nSPS) is 12.6. The maximum absolute atomic E-state index is 9.98. The minimum Gasteiger partial charge on any atom is -0.508 e. The smallest absolute Gasteiger partial charge is 0.115 e. The predicted molar refractivity (Wildman–Crippen MR) is 87.1 cm³/mol. The third-order valence-electron chi connectivity index (χ3n) is 3.48. The Bertz CT molecular complexity index is 544. The van der Waals surface area contributed by atoms with Crippen LogP contribution in [0.4, 0.5) is 0 Å². The lowest BCUT2D eigenvalue weighted by Gasteiger charge is -2.09. The molecular formula is C19H22O2. The first-order valence-corrected chi connectivity index (χ1v) is 7.41. The molecule has 2 heteroatoms. The number of benzene rings is 2. The van der Waals surface area contributed by atoms with Crippen molar-refractivity contribution in [2.24, 2.45) is 0 Å². The predicted octanol–water partition coefficient (Wildman–Crippen LogP) is 4.18. The van der Waals surface area contributed by atoms with E-state index in [0.717, 1.165) is 31.2 Å². The minimum absolute atomic E-state index is 0.278. The van der Waals surface area contributed by atoms with E-state index in [4.69, 9.17) is 0 Å². The number of allylic oxidation sites excluding steroid dienone is 1. The molecule has 2 rings (SSSR count). The van der Waals surface area contributed by atoms with Crippen LogP contribution in [0.2, 0.25) is 0 Å². The number of phenols is 1. The van der Waals surface area contributed by atoms with E-state index in [1.807, 2.05) is 30.3 Å². The highest BCUT2D eigenvalue weighted by molar-refractivity contribution is 5.48. The fourth-order valence-electron chi connectivity index (χ4n) is 2.21. The number of hydrogen-bond donors (Lipinski definition) is 2. The van der Waals surface area contributed by atoms with Gasteiger partial charge in [0.1, 0.15) is 5.75 Å². The zero-order valence-corrected chi connectivity index (χ0v) is 12.2. The minimum atomic E-state index is -0.278. The summed E-state index contributed by atoms with van der Waals surface area (Å²) in [4.78, 5) is 0. The van der Waals surface area contributed by atoms with Gasteiger partial charge >= 0.3 is 0 Å². The molecule has 21 heavy (non-hydrogen) atoms. The second-order valence-corrected chi connectivity index (χ2v) is 5.25. The van der Waals surface area contributed by atoms with Crippen LogP contribution in [0.15, 0.2) is 60.7 Å². The van der Waals surface area contributed by atoms with E-state index >= 15 is 0 Å². The van der Waals surface area contributed by atoms with Gasteiger partial charge in [0.2, 0.25) is 0 Å². The van der Waals surface area contributed by atoms with Crippen LogP contribution in [-0.4, -0.2) is 16.3 Å². The zero-order chi connectivity index (χ0) is 14.9. The Hall–Kier alpha value is -2.06. The van der Waals surface area contributed by atoms with Crippen LogP contribution in [-0.2, 0) is 6.42 Å². The summed E-state index contributed by atoms with van der Waals surface area (Å²) in [5.41, 5.74) is 2.34. The van der Waals surface area contributed by atoms with Crippen molar-refractivity contribution in [1.29, 1.82) is 0 Å². The van der Waals surface area contributed by atoms with Crippen molar-refractivity contribution in [2.45, 2.75) is 31.8 Å². The molecule has 0 fully saturated rings. The van der Waals surface area contributed by atoms with Gasteiger partial charge in [0.15, 0.2) is 0 Å². The molecule has 2 N–H and O–H groups in total. The van der Waals surface area contributed by atoms with Crippen molar-refractivity contribution in [3.05, 3.63) is 71.8 Å². The Morgan fingerprint density at radius 3 is 2.33 bits per heavy atom. The molecule has 1 unspecified atom stereocenters. The van der Waals surface area contributed by atoms with Gasteiger partial charge < -0.3 is 10.2 Å². The summed E-state index contributed by atoms with van der Waals surface area (Å²) in [5, 5.41) is 19.2. The van der Waals surface area contributed by atoms with Crippen molar-refractivity contribution >= 4 is 6.08 Å². The summed E-state index contributed by atoms with van der Waals surface area (Å²) in [7, 11) is 0. The molecule has 0 amide bonds. The SMILES string of the molecule is Oc1ccc(CCC(O)CC/C=C/c2ccccc2)cc1. The van der Waals surface area contributed by atoms with E-state index in [-0.39, 0.29) is 11.9 Å². The molecule has 0 aliphatic carbocycles. The molecular weight excluding hydrogens is 260 g/mol. The maximum Gasteiger partial charge on any atom is 0.115 e. The number of phenolic OH excluding ortho intramolecular Hbond substituents is 1. The molecule has 0 aliphatic rings. The first-order chi connectivity index (χ1) is 10.2.